The van der Waals surface area contributed by atoms with Crippen LogP contribution < -0.4 is 5.32 Å². The average Bonchev–Trinajstić information content (AvgIpc) is 2.34. The first-order valence-corrected chi connectivity index (χ1v) is 6.29. The maximum atomic E-state index is 11.1. The summed E-state index contributed by atoms with van der Waals surface area (Å²) in [4.78, 5) is 11.1. The molecule has 4 nitrogen and oxygen atoms in total. The maximum Gasteiger partial charge on any atom is 0.305 e. The molecule has 4 heteroatoms. The van der Waals surface area contributed by atoms with E-state index in [2.05, 4.69) is 5.32 Å². The lowest BCUT2D eigenvalue weighted by atomic mass is 10.1. The Hall–Kier alpha value is -1.55. The molecule has 0 aliphatic heterocycles. The van der Waals surface area contributed by atoms with Gasteiger partial charge in [0.05, 0.1) is 6.61 Å². The summed E-state index contributed by atoms with van der Waals surface area (Å²) in [6.45, 7) is 5.45. The van der Waals surface area contributed by atoms with Crippen molar-refractivity contribution in [1.29, 1.82) is 0 Å². The highest BCUT2D eigenvalue weighted by molar-refractivity contribution is 5.69. The molecule has 0 aromatic heterocycles. The molecule has 0 radical (unpaired) electrons. The lowest BCUT2D eigenvalue weighted by Crippen LogP contribution is -2.16. The number of hydrogen-bond acceptors (Lipinski definition) is 4. The molecule has 0 bridgehead atoms. The molecular weight excluding hydrogens is 230 g/mol. The zero-order chi connectivity index (χ0) is 13.4. The third-order valence-electron chi connectivity index (χ3n) is 2.68. The van der Waals surface area contributed by atoms with E-state index in [9.17, 15) is 9.90 Å². The van der Waals surface area contributed by atoms with Gasteiger partial charge in [0.1, 0.15) is 5.75 Å². The molecule has 0 fully saturated rings. The summed E-state index contributed by atoms with van der Waals surface area (Å²) < 4.78 is 4.83. The van der Waals surface area contributed by atoms with Crippen molar-refractivity contribution >= 4 is 5.97 Å². The first-order chi connectivity index (χ1) is 8.65. The van der Waals surface area contributed by atoms with Crippen molar-refractivity contribution in [1.82, 2.24) is 5.32 Å². The van der Waals surface area contributed by atoms with Crippen LogP contribution in [0, 0.1) is 6.92 Å². The van der Waals surface area contributed by atoms with E-state index in [0.717, 1.165) is 24.1 Å². The number of aromatic hydroxyl groups is 1. The van der Waals surface area contributed by atoms with Crippen molar-refractivity contribution in [3.8, 4) is 5.75 Å². The van der Waals surface area contributed by atoms with Crippen LogP contribution in [0.5, 0.6) is 5.75 Å². The van der Waals surface area contributed by atoms with E-state index < -0.39 is 0 Å². The van der Waals surface area contributed by atoms with E-state index in [1.54, 1.807) is 6.92 Å². The van der Waals surface area contributed by atoms with Gasteiger partial charge in [0, 0.05) is 18.5 Å². The Kier molecular flexibility index (Phi) is 6.22. The Bertz CT molecular complexity index is 391. The van der Waals surface area contributed by atoms with Crippen LogP contribution in [0.4, 0.5) is 0 Å². The quantitative estimate of drug-likeness (QED) is 0.576. The van der Waals surface area contributed by atoms with E-state index in [1.165, 1.54) is 0 Å². The van der Waals surface area contributed by atoms with Crippen LogP contribution in [0.3, 0.4) is 0 Å². The summed E-state index contributed by atoms with van der Waals surface area (Å²) in [5.41, 5.74) is 1.76. The van der Waals surface area contributed by atoms with Gasteiger partial charge >= 0.3 is 5.97 Å². The number of carbonyl (C=O) groups is 1. The number of nitrogens with one attached hydrogen (secondary N) is 1. The van der Waals surface area contributed by atoms with Crippen LogP contribution in [-0.2, 0) is 16.1 Å². The fraction of sp³-hybridized carbons (Fsp3) is 0.500. The van der Waals surface area contributed by atoms with Crippen molar-refractivity contribution in [3.63, 3.8) is 0 Å². The second-order valence-corrected chi connectivity index (χ2v) is 4.17. The van der Waals surface area contributed by atoms with Crippen LogP contribution in [0.2, 0.25) is 0 Å². The highest BCUT2D eigenvalue weighted by atomic mass is 16.5. The normalized spacial score (nSPS) is 10.3. The highest BCUT2D eigenvalue weighted by Crippen LogP contribution is 2.20. The van der Waals surface area contributed by atoms with Gasteiger partial charge in [-0.15, -0.1) is 0 Å². The molecule has 0 aliphatic rings. The van der Waals surface area contributed by atoms with Crippen LogP contribution in [0.25, 0.3) is 0 Å². The fourth-order valence-corrected chi connectivity index (χ4v) is 1.68. The van der Waals surface area contributed by atoms with Crippen molar-refractivity contribution in [3.05, 3.63) is 29.3 Å². The van der Waals surface area contributed by atoms with Gasteiger partial charge in [-0.3, -0.25) is 4.79 Å². The van der Waals surface area contributed by atoms with Gasteiger partial charge in [0.2, 0.25) is 0 Å². The zero-order valence-corrected chi connectivity index (χ0v) is 11.0. The predicted molar refractivity (Wildman–Crippen MR) is 70.4 cm³/mol. The minimum absolute atomic E-state index is 0.155. The molecule has 100 valence electrons. The Balaban J connectivity index is 2.22. The lowest BCUT2D eigenvalue weighted by Gasteiger charge is -2.08. The minimum atomic E-state index is -0.155. The van der Waals surface area contributed by atoms with E-state index in [4.69, 9.17) is 4.74 Å². The van der Waals surface area contributed by atoms with Crippen LogP contribution in [0.1, 0.15) is 30.9 Å². The number of rotatable bonds is 7. The van der Waals surface area contributed by atoms with Crippen molar-refractivity contribution in [2.24, 2.45) is 0 Å². The summed E-state index contributed by atoms with van der Waals surface area (Å²) in [5, 5.41) is 13.0. The molecule has 0 unspecified atom stereocenters. The third kappa shape index (κ3) is 4.75. The largest absolute Gasteiger partial charge is 0.507 e. The first-order valence-electron chi connectivity index (χ1n) is 6.29. The summed E-state index contributed by atoms with van der Waals surface area (Å²) >= 11 is 0. The Labute approximate surface area is 108 Å². The molecule has 0 aliphatic carbocycles. The topological polar surface area (TPSA) is 58.6 Å². The number of ether oxygens (including phenoxy) is 1. The summed E-state index contributed by atoms with van der Waals surface area (Å²) in [7, 11) is 0. The van der Waals surface area contributed by atoms with Gasteiger partial charge in [-0.25, -0.2) is 0 Å². The van der Waals surface area contributed by atoms with Crippen molar-refractivity contribution < 1.29 is 14.6 Å². The van der Waals surface area contributed by atoms with E-state index in [0.29, 0.717) is 25.3 Å². The monoisotopic (exact) mass is 251 g/mol. The summed E-state index contributed by atoms with van der Waals surface area (Å²) in [5.74, 6) is 0.188. The molecule has 18 heavy (non-hydrogen) atoms. The summed E-state index contributed by atoms with van der Waals surface area (Å²) in [6.07, 6.45) is 1.17. The number of esters is 1. The van der Waals surface area contributed by atoms with Crippen LogP contribution in [0.15, 0.2) is 18.2 Å². The second-order valence-electron chi connectivity index (χ2n) is 4.17. The molecule has 1 aromatic rings. The molecule has 1 aromatic carbocycles. The third-order valence-corrected chi connectivity index (χ3v) is 2.68. The second kappa shape index (κ2) is 7.71. The molecule has 2 N–H and O–H groups in total. The molecule has 0 heterocycles. The number of phenolic OH excluding ortho intramolecular Hbond substituents is 1. The van der Waals surface area contributed by atoms with Crippen molar-refractivity contribution in [2.75, 3.05) is 13.2 Å². The number of aryl methyl sites for hydroxylation is 1. The Morgan fingerprint density at radius 1 is 1.44 bits per heavy atom. The number of para-hydroxylation sites is 1. The molecule has 0 spiro atoms. The number of hydrogen-bond donors (Lipinski definition) is 2. The van der Waals surface area contributed by atoms with Gasteiger partial charge < -0.3 is 15.2 Å². The molecule has 0 amide bonds. The Morgan fingerprint density at radius 2 is 2.22 bits per heavy atom. The number of carbonyl (C=O) groups excluding carboxylic acids is 1. The zero-order valence-electron chi connectivity index (χ0n) is 11.0. The summed E-state index contributed by atoms with van der Waals surface area (Å²) in [6, 6.07) is 5.69. The van der Waals surface area contributed by atoms with E-state index in [1.807, 2.05) is 25.1 Å². The van der Waals surface area contributed by atoms with E-state index >= 15 is 0 Å². The molecule has 1 rings (SSSR count). The molecule has 0 atom stereocenters. The van der Waals surface area contributed by atoms with Gasteiger partial charge in [0.25, 0.3) is 0 Å². The average molecular weight is 251 g/mol. The van der Waals surface area contributed by atoms with Crippen LogP contribution >= 0.6 is 0 Å². The van der Waals surface area contributed by atoms with Crippen LogP contribution in [-0.4, -0.2) is 24.2 Å². The van der Waals surface area contributed by atoms with Gasteiger partial charge in [-0.05, 0) is 32.4 Å². The molecule has 0 saturated heterocycles. The van der Waals surface area contributed by atoms with Gasteiger partial charge in [-0.1, -0.05) is 18.2 Å². The number of phenols is 1. The Morgan fingerprint density at radius 3 is 2.94 bits per heavy atom. The highest BCUT2D eigenvalue weighted by Gasteiger charge is 2.03. The fourth-order valence-electron chi connectivity index (χ4n) is 1.68. The molecule has 0 saturated carbocycles. The number of benzene rings is 1. The molecular formula is C14H21NO3. The minimum Gasteiger partial charge on any atom is -0.507 e. The van der Waals surface area contributed by atoms with E-state index in [-0.39, 0.29) is 5.97 Å². The first kappa shape index (κ1) is 14.5. The SMILES string of the molecule is CCOC(=O)CCCNCc1cccc(C)c1O. The van der Waals surface area contributed by atoms with Gasteiger partial charge in [-0.2, -0.15) is 0 Å². The lowest BCUT2D eigenvalue weighted by molar-refractivity contribution is -0.143. The van der Waals surface area contributed by atoms with Gasteiger partial charge in [0.15, 0.2) is 0 Å². The predicted octanol–water partition coefficient (Wildman–Crippen LogP) is 2.13. The smallest absolute Gasteiger partial charge is 0.305 e. The maximum absolute atomic E-state index is 11.1. The standard InChI is InChI=1S/C14H21NO3/c1-3-18-13(16)8-5-9-15-10-12-7-4-6-11(2)14(12)17/h4,6-7,15,17H,3,5,8-10H2,1-2H3. The van der Waals surface area contributed by atoms with Crippen molar-refractivity contribution in [2.45, 2.75) is 33.2 Å².